The van der Waals surface area contributed by atoms with E-state index < -0.39 is 21.7 Å². The first kappa shape index (κ1) is 28.3. The van der Waals surface area contributed by atoms with Crippen LogP contribution in [0, 0.1) is 0 Å². The number of esters is 1. The molecule has 39 heavy (non-hydrogen) atoms. The minimum absolute atomic E-state index is 0.0631. The molecule has 201 valence electrons. The number of carbonyl (C=O) groups is 3. The molecule has 3 aromatic rings. The molecule has 3 N–H and O–H groups in total. The van der Waals surface area contributed by atoms with Crippen molar-refractivity contribution in [1.82, 2.24) is 10.4 Å². The number of aliphatic hydroxyl groups excluding tert-OH is 1. The van der Waals surface area contributed by atoms with Gasteiger partial charge in [-0.25, -0.2) is 0 Å². The molecule has 3 aromatic carbocycles. The summed E-state index contributed by atoms with van der Waals surface area (Å²) in [6.07, 6.45) is 0. The molecule has 0 atom stereocenters. The van der Waals surface area contributed by atoms with Crippen LogP contribution in [0.1, 0.15) is 31.8 Å². The van der Waals surface area contributed by atoms with Gasteiger partial charge in [0.15, 0.2) is 0 Å². The Kier molecular flexibility index (Phi) is 9.68. The summed E-state index contributed by atoms with van der Waals surface area (Å²) in [5.74, 6) is -1.05. The fourth-order valence-electron chi connectivity index (χ4n) is 3.99. The summed E-state index contributed by atoms with van der Waals surface area (Å²) in [7, 11) is 3.17. The second kappa shape index (κ2) is 13.4. The van der Waals surface area contributed by atoms with E-state index in [9.17, 15) is 14.4 Å². The van der Waals surface area contributed by atoms with Crippen molar-refractivity contribution in [3.8, 4) is 0 Å². The number of amides is 2. The van der Waals surface area contributed by atoms with Crippen molar-refractivity contribution in [2.75, 3.05) is 45.8 Å². The first-order valence-electron chi connectivity index (χ1n) is 12.3. The van der Waals surface area contributed by atoms with Gasteiger partial charge in [0.05, 0.1) is 0 Å². The maximum absolute atomic E-state index is 13.2. The Morgan fingerprint density at radius 1 is 0.974 bits per heavy atom. The van der Waals surface area contributed by atoms with Crippen LogP contribution in [0.4, 0.5) is 5.69 Å². The van der Waals surface area contributed by atoms with Crippen molar-refractivity contribution in [2.45, 2.75) is 0 Å². The quantitative estimate of drug-likeness (QED) is 0.103. The summed E-state index contributed by atoms with van der Waals surface area (Å²) in [6.45, 7) is 1.46. The third kappa shape index (κ3) is 7.02. The fourth-order valence-corrected chi connectivity index (χ4v) is 6.44. The third-order valence-electron chi connectivity index (χ3n) is 6.06. The molecule has 0 saturated heterocycles. The first-order chi connectivity index (χ1) is 18.9. The molecular weight excluding hydrogens is 561 g/mol. The van der Waals surface area contributed by atoms with Crippen molar-refractivity contribution in [3.05, 3.63) is 95.1 Å². The van der Waals surface area contributed by atoms with Crippen LogP contribution in [-0.2, 0) is 14.4 Å². The molecule has 0 saturated carbocycles. The Hall–Kier alpha value is -3.75. The Labute approximate surface area is 233 Å². The van der Waals surface area contributed by atoms with Crippen molar-refractivity contribution < 1.29 is 29.1 Å². The predicted octanol–water partition coefficient (Wildman–Crippen LogP) is 1.91. The van der Waals surface area contributed by atoms with Crippen LogP contribution in [0.5, 0.6) is 0 Å². The average molecular weight is 590 g/mol. The Bertz CT molecular complexity index is 1380. The standard InChI is InChI=1S/C29H29AsN3O6/c1-33(14-16-34)15-17-39-32-27(35)20-8-11-22(12-9-20)30-26(19-6-4-3-5-7-19)25-23-13-10-21(29(37)38-2)18-24(23)31-28(25)36/h3-13,18,34H,14-17H2,1-2H3,(H,31,36)(H,32,35)/b26-25-. The maximum atomic E-state index is 13.2. The van der Waals surface area contributed by atoms with Gasteiger partial charge in [0.1, 0.15) is 0 Å². The number of likely N-dealkylation sites (N-methyl/N-ethyl adjacent to an activating group) is 1. The number of rotatable bonds is 11. The summed E-state index contributed by atoms with van der Waals surface area (Å²) in [5.41, 5.74) is 6.09. The van der Waals surface area contributed by atoms with Crippen LogP contribution >= 0.6 is 0 Å². The zero-order valence-electron chi connectivity index (χ0n) is 21.6. The van der Waals surface area contributed by atoms with Crippen LogP contribution in [0.15, 0.2) is 72.8 Å². The van der Waals surface area contributed by atoms with Crippen molar-refractivity contribution in [2.24, 2.45) is 0 Å². The summed E-state index contributed by atoms with van der Waals surface area (Å²) in [4.78, 5) is 44.8. The monoisotopic (exact) mass is 590 g/mol. The fraction of sp³-hybridized carbons (Fsp3) is 0.207. The van der Waals surface area contributed by atoms with E-state index in [1.807, 2.05) is 54.4 Å². The van der Waals surface area contributed by atoms with Gasteiger partial charge < -0.3 is 5.11 Å². The summed E-state index contributed by atoms with van der Waals surface area (Å²) in [6, 6.07) is 22.0. The normalized spacial score (nSPS) is 13.9. The molecule has 10 heteroatoms. The molecule has 0 fully saturated rings. The Balaban J connectivity index is 1.55. The van der Waals surface area contributed by atoms with E-state index in [1.54, 1.807) is 30.3 Å². The zero-order chi connectivity index (χ0) is 27.8. The van der Waals surface area contributed by atoms with Crippen LogP contribution < -0.4 is 15.1 Å². The summed E-state index contributed by atoms with van der Waals surface area (Å²) >= 11 is -0.640. The number of hydroxylamine groups is 1. The van der Waals surface area contributed by atoms with Gasteiger partial charge in [0, 0.05) is 0 Å². The topological polar surface area (TPSA) is 117 Å². The minimum atomic E-state index is -0.640. The van der Waals surface area contributed by atoms with Crippen LogP contribution in [0.2, 0.25) is 0 Å². The number of methoxy groups -OCH3 is 1. The van der Waals surface area contributed by atoms with Gasteiger partial charge in [-0.15, -0.1) is 0 Å². The first-order valence-corrected chi connectivity index (χ1v) is 14.2. The van der Waals surface area contributed by atoms with Gasteiger partial charge in [-0.2, -0.15) is 0 Å². The molecule has 2 amide bonds. The van der Waals surface area contributed by atoms with Crippen molar-refractivity contribution in [3.63, 3.8) is 0 Å². The number of nitrogens with zero attached hydrogens (tertiary/aromatic N) is 1. The van der Waals surface area contributed by atoms with Crippen molar-refractivity contribution in [1.29, 1.82) is 0 Å². The van der Waals surface area contributed by atoms with Gasteiger partial charge in [-0.1, -0.05) is 0 Å². The number of benzene rings is 3. The van der Waals surface area contributed by atoms with E-state index in [0.717, 1.165) is 19.8 Å². The van der Waals surface area contributed by atoms with Gasteiger partial charge >= 0.3 is 229 Å². The number of ether oxygens (including phenoxy) is 1. The second-order valence-corrected chi connectivity index (χ2v) is 11.3. The number of aliphatic hydroxyl groups is 1. The molecule has 1 radical (unpaired) electrons. The molecule has 0 aromatic heterocycles. The molecular formula is C29H29AsN3O6. The molecule has 4 rings (SSSR count). The van der Waals surface area contributed by atoms with Crippen LogP contribution in [-0.4, -0.2) is 84.0 Å². The number of anilines is 1. The zero-order valence-corrected chi connectivity index (χ0v) is 23.5. The molecule has 9 nitrogen and oxygen atoms in total. The van der Waals surface area contributed by atoms with E-state index in [2.05, 4.69) is 10.8 Å². The predicted molar refractivity (Wildman–Crippen MR) is 149 cm³/mol. The molecule has 1 heterocycles. The van der Waals surface area contributed by atoms with Gasteiger partial charge in [-0.3, -0.25) is 0 Å². The SMILES string of the molecule is COC(=O)c1ccc2c(c1)NC(=O)/C2=C(\[As]c1ccc(C(=O)NOCCN(C)CCO)cc1)c1ccccc1. The van der Waals surface area contributed by atoms with Gasteiger partial charge in [-0.05, 0) is 0 Å². The van der Waals surface area contributed by atoms with Crippen molar-refractivity contribution >= 4 is 53.5 Å². The molecule has 0 spiro atoms. The third-order valence-corrected chi connectivity index (χ3v) is 8.71. The van der Waals surface area contributed by atoms with Crippen LogP contribution in [0.25, 0.3) is 9.93 Å². The van der Waals surface area contributed by atoms with E-state index >= 15 is 0 Å². The second-order valence-electron chi connectivity index (χ2n) is 8.76. The molecule has 0 aliphatic carbocycles. The summed E-state index contributed by atoms with van der Waals surface area (Å²) < 4.78 is 6.74. The number of carbonyl (C=O) groups excluding carboxylic acids is 3. The number of hydrogen-bond acceptors (Lipinski definition) is 7. The number of fused-ring (bicyclic) bond motifs is 1. The van der Waals surface area contributed by atoms with Crippen LogP contribution in [0.3, 0.4) is 0 Å². The molecule has 1 aliphatic rings. The van der Waals surface area contributed by atoms with E-state index in [1.165, 1.54) is 7.11 Å². The van der Waals surface area contributed by atoms with Gasteiger partial charge in [0.2, 0.25) is 0 Å². The Morgan fingerprint density at radius 2 is 1.69 bits per heavy atom. The van der Waals surface area contributed by atoms with E-state index in [0.29, 0.717) is 42.1 Å². The van der Waals surface area contributed by atoms with E-state index in [-0.39, 0.29) is 18.4 Å². The Morgan fingerprint density at radius 3 is 2.38 bits per heavy atom. The molecule has 1 aliphatic heterocycles. The van der Waals surface area contributed by atoms with E-state index in [4.69, 9.17) is 14.7 Å². The average Bonchev–Trinajstić information content (AvgIpc) is 3.29. The summed E-state index contributed by atoms with van der Waals surface area (Å²) in [5, 5.41) is 11.8. The van der Waals surface area contributed by atoms with Gasteiger partial charge in [0.25, 0.3) is 0 Å². The molecule has 0 bridgehead atoms. The number of nitrogens with one attached hydrogen (secondary N) is 2. The molecule has 0 unspecified atom stereocenters. The number of hydrogen-bond donors (Lipinski definition) is 3.